The number of methoxy groups -OCH3 is 1. The molecule has 0 fully saturated rings. The average Bonchev–Trinajstić information content (AvgIpc) is 2.91. The highest BCUT2D eigenvalue weighted by atomic mass is 79.9. The number of carbonyl (C=O) groups excluding carboxylic acids is 2. The van der Waals surface area contributed by atoms with Crippen molar-refractivity contribution in [3.05, 3.63) is 88.4 Å². The van der Waals surface area contributed by atoms with E-state index in [1.165, 1.54) is 24.1 Å². The van der Waals surface area contributed by atoms with Crippen LogP contribution in [0.2, 0.25) is 0 Å². The number of halogens is 1. The minimum Gasteiger partial charge on any atom is -0.495 e. The van der Waals surface area contributed by atoms with Gasteiger partial charge in [0.25, 0.3) is 10.0 Å². The Labute approximate surface area is 232 Å². The van der Waals surface area contributed by atoms with Crippen LogP contribution in [0.3, 0.4) is 0 Å². The van der Waals surface area contributed by atoms with Crippen molar-refractivity contribution in [1.82, 2.24) is 10.2 Å². The Morgan fingerprint density at radius 3 is 2.24 bits per heavy atom. The third-order valence-electron chi connectivity index (χ3n) is 6.03. The molecule has 0 radical (unpaired) electrons. The molecule has 0 saturated carbocycles. The maximum atomic E-state index is 13.9. The third-order valence-corrected chi connectivity index (χ3v) is 8.33. The van der Waals surface area contributed by atoms with E-state index in [2.05, 4.69) is 21.2 Å². The minimum absolute atomic E-state index is 0.0399. The molecule has 1 atom stereocenters. The van der Waals surface area contributed by atoms with E-state index in [1.54, 1.807) is 50.2 Å². The lowest BCUT2D eigenvalue weighted by Gasteiger charge is -2.32. The molecule has 3 aromatic carbocycles. The fraction of sp³-hybridized carbons (Fsp3) is 0.286. The number of para-hydroxylation sites is 2. The Bertz CT molecular complexity index is 1360. The van der Waals surface area contributed by atoms with Crippen LogP contribution < -0.4 is 14.4 Å². The van der Waals surface area contributed by atoms with E-state index >= 15 is 0 Å². The lowest BCUT2D eigenvalue weighted by atomic mass is 10.1. The van der Waals surface area contributed by atoms with Gasteiger partial charge in [-0.15, -0.1) is 0 Å². The summed E-state index contributed by atoms with van der Waals surface area (Å²) in [6.07, 6.45) is 0. The number of sulfonamides is 1. The quantitative estimate of drug-likeness (QED) is 0.349. The summed E-state index contributed by atoms with van der Waals surface area (Å²) in [7, 11) is -2.73. The van der Waals surface area contributed by atoms with Crippen LogP contribution in [0.15, 0.2) is 82.2 Å². The number of nitrogens with zero attached hydrogens (tertiary/aromatic N) is 2. The third kappa shape index (κ3) is 6.93. The molecule has 0 aromatic heterocycles. The van der Waals surface area contributed by atoms with E-state index in [-0.39, 0.29) is 23.0 Å². The first-order chi connectivity index (χ1) is 18.1. The lowest BCUT2D eigenvalue weighted by Crippen LogP contribution is -2.51. The fourth-order valence-electron chi connectivity index (χ4n) is 3.88. The zero-order valence-corrected chi connectivity index (χ0v) is 24.3. The Morgan fingerprint density at radius 1 is 1.00 bits per heavy atom. The molecule has 0 heterocycles. The Hall–Kier alpha value is -3.37. The molecule has 0 unspecified atom stereocenters. The van der Waals surface area contributed by atoms with Crippen LogP contribution in [0.1, 0.15) is 25.0 Å². The molecule has 0 saturated heterocycles. The summed E-state index contributed by atoms with van der Waals surface area (Å²) in [5, 5.41) is 2.75. The predicted octanol–water partition coefficient (Wildman–Crippen LogP) is 4.51. The highest BCUT2D eigenvalue weighted by molar-refractivity contribution is 9.10. The average molecular weight is 603 g/mol. The highest BCUT2D eigenvalue weighted by Gasteiger charge is 2.33. The number of anilines is 1. The van der Waals surface area contributed by atoms with Crippen molar-refractivity contribution in [3.63, 3.8) is 0 Å². The van der Waals surface area contributed by atoms with E-state index in [0.29, 0.717) is 12.3 Å². The number of ether oxygens (including phenoxy) is 1. The number of carbonyl (C=O) groups is 2. The van der Waals surface area contributed by atoms with E-state index in [0.717, 1.165) is 19.9 Å². The number of nitrogens with one attached hydrogen (secondary N) is 1. The van der Waals surface area contributed by atoms with E-state index in [1.807, 2.05) is 31.2 Å². The van der Waals surface area contributed by atoms with Gasteiger partial charge < -0.3 is 15.0 Å². The number of hydrogen-bond donors (Lipinski definition) is 1. The molecule has 1 N–H and O–H groups in total. The van der Waals surface area contributed by atoms with Crippen molar-refractivity contribution in [2.45, 2.75) is 38.3 Å². The van der Waals surface area contributed by atoms with Crippen LogP contribution in [0.5, 0.6) is 5.75 Å². The predicted molar refractivity (Wildman–Crippen MR) is 152 cm³/mol. The zero-order chi connectivity index (χ0) is 27.9. The van der Waals surface area contributed by atoms with Crippen LogP contribution in [-0.4, -0.2) is 51.4 Å². The van der Waals surface area contributed by atoms with Gasteiger partial charge in [-0.1, -0.05) is 57.9 Å². The molecule has 3 rings (SSSR count). The van der Waals surface area contributed by atoms with Gasteiger partial charge in [-0.25, -0.2) is 8.42 Å². The molecule has 2 amide bonds. The van der Waals surface area contributed by atoms with Gasteiger partial charge in [-0.2, -0.15) is 0 Å². The van der Waals surface area contributed by atoms with E-state index in [9.17, 15) is 18.0 Å². The molecule has 8 nitrogen and oxygen atoms in total. The Morgan fingerprint density at radius 2 is 1.63 bits per heavy atom. The number of hydrogen-bond acceptors (Lipinski definition) is 5. The van der Waals surface area contributed by atoms with E-state index in [4.69, 9.17) is 4.74 Å². The molecule has 0 aliphatic rings. The summed E-state index contributed by atoms with van der Waals surface area (Å²) in [6.45, 7) is 5.28. The number of rotatable bonds is 11. The maximum Gasteiger partial charge on any atom is 0.264 e. The standard InChI is InChI=1S/C28H32BrN3O5S/c1-5-30-28(34)21(3)31(18-22-12-14-23(29)15-13-22)27(33)19-32(25-8-6-7-9-26(25)37-4)38(35,36)24-16-10-20(2)11-17-24/h6-17,21H,5,18-19H2,1-4H3,(H,30,34)/t21-/m0/s1. The number of likely N-dealkylation sites (N-methyl/N-ethyl adjacent to an activating group) is 1. The first-order valence-corrected chi connectivity index (χ1v) is 14.4. The Balaban J connectivity index is 2.06. The van der Waals surface area contributed by atoms with E-state index < -0.39 is 28.5 Å². The molecule has 38 heavy (non-hydrogen) atoms. The summed E-state index contributed by atoms with van der Waals surface area (Å²) in [5.41, 5.74) is 1.92. The largest absolute Gasteiger partial charge is 0.495 e. The fourth-order valence-corrected chi connectivity index (χ4v) is 5.57. The van der Waals surface area contributed by atoms with Gasteiger partial charge in [0.15, 0.2) is 0 Å². The van der Waals surface area contributed by atoms with Gasteiger partial charge in [0.1, 0.15) is 18.3 Å². The first kappa shape index (κ1) is 29.2. The lowest BCUT2D eigenvalue weighted by molar-refractivity contribution is -0.139. The second kappa shape index (κ2) is 12.9. The summed E-state index contributed by atoms with van der Waals surface area (Å²) >= 11 is 3.40. The summed E-state index contributed by atoms with van der Waals surface area (Å²) < 4.78 is 35.1. The Kier molecular flexibility index (Phi) is 9.93. The van der Waals surface area contributed by atoms with Gasteiger partial charge in [0, 0.05) is 17.6 Å². The minimum atomic E-state index is -4.17. The van der Waals surface area contributed by atoms with Crippen LogP contribution in [-0.2, 0) is 26.2 Å². The smallest absolute Gasteiger partial charge is 0.264 e. The number of benzene rings is 3. The SMILES string of the molecule is CCNC(=O)[C@H](C)N(Cc1ccc(Br)cc1)C(=O)CN(c1ccccc1OC)S(=O)(=O)c1ccc(C)cc1. The van der Waals surface area contributed by atoms with Crippen molar-refractivity contribution in [1.29, 1.82) is 0 Å². The number of amides is 2. The molecular weight excluding hydrogens is 570 g/mol. The summed E-state index contributed by atoms with van der Waals surface area (Å²) in [6, 6.07) is 19.6. The second-order valence-electron chi connectivity index (χ2n) is 8.72. The molecule has 0 aliphatic carbocycles. The van der Waals surface area contributed by atoms with Crippen LogP contribution >= 0.6 is 15.9 Å². The zero-order valence-electron chi connectivity index (χ0n) is 21.8. The molecule has 0 spiro atoms. The molecule has 10 heteroatoms. The van der Waals surface area contributed by atoms with Gasteiger partial charge >= 0.3 is 0 Å². The van der Waals surface area contributed by atoms with Crippen LogP contribution in [0, 0.1) is 6.92 Å². The number of aryl methyl sites for hydroxylation is 1. The van der Waals surface area contributed by atoms with Crippen LogP contribution in [0.25, 0.3) is 0 Å². The highest BCUT2D eigenvalue weighted by Crippen LogP contribution is 2.32. The second-order valence-corrected chi connectivity index (χ2v) is 11.5. The molecule has 3 aromatic rings. The summed E-state index contributed by atoms with van der Waals surface area (Å²) in [4.78, 5) is 28.1. The summed E-state index contributed by atoms with van der Waals surface area (Å²) in [5.74, 6) is -0.566. The van der Waals surface area contributed by atoms with Crippen molar-refractivity contribution in [2.75, 3.05) is 24.5 Å². The first-order valence-electron chi connectivity index (χ1n) is 12.1. The van der Waals surface area contributed by atoms with Gasteiger partial charge in [0.2, 0.25) is 11.8 Å². The molecule has 202 valence electrons. The maximum absolute atomic E-state index is 13.9. The molecule has 0 bridgehead atoms. The molecule has 0 aliphatic heterocycles. The van der Waals surface area contributed by atoms with Gasteiger partial charge in [-0.3, -0.25) is 13.9 Å². The van der Waals surface area contributed by atoms with Gasteiger partial charge in [-0.05, 0) is 62.7 Å². The normalized spacial score (nSPS) is 11.9. The van der Waals surface area contributed by atoms with Crippen molar-refractivity contribution in [2.24, 2.45) is 0 Å². The monoisotopic (exact) mass is 601 g/mol. The topological polar surface area (TPSA) is 96.0 Å². The van der Waals surface area contributed by atoms with Gasteiger partial charge in [0.05, 0.1) is 17.7 Å². The van der Waals surface area contributed by atoms with Crippen molar-refractivity contribution < 1.29 is 22.7 Å². The van der Waals surface area contributed by atoms with Crippen molar-refractivity contribution >= 4 is 43.5 Å². The van der Waals surface area contributed by atoms with Crippen molar-refractivity contribution in [3.8, 4) is 5.75 Å². The van der Waals surface area contributed by atoms with Crippen LogP contribution in [0.4, 0.5) is 5.69 Å². The molecular formula is C28H32BrN3O5S.